The zero-order chi connectivity index (χ0) is 17.0. The fraction of sp³-hybridized carbons (Fsp3) is 0.316. The summed E-state index contributed by atoms with van der Waals surface area (Å²) in [5, 5.41) is 6.16. The molecule has 0 saturated carbocycles. The molecule has 0 heterocycles. The Hall–Kier alpha value is -1.81. The molecule has 0 aliphatic rings. The average Bonchev–Trinajstić information content (AvgIpc) is 2.48. The molecule has 0 aliphatic carbocycles. The predicted octanol–water partition coefficient (Wildman–Crippen LogP) is 5.11. The molecule has 122 valence electrons. The number of aryl methyl sites for hydroxylation is 1. The summed E-state index contributed by atoms with van der Waals surface area (Å²) in [6.07, 6.45) is 0. The number of halogens is 1. The third-order valence-electron chi connectivity index (χ3n) is 3.62. The second-order valence-electron chi connectivity index (χ2n) is 6.66. The van der Waals surface area contributed by atoms with E-state index in [0.29, 0.717) is 0 Å². The van der Waals surface area contributed by atoms with Crippen LogP contribution in [-0.2, 0) is 10.2 Å². The predicted molar refractivity (Wildman–Crippen MR) is 101 cm³/mol. The maximum atomic E-state index is 12.2. The number of carbonyl (C=O) groups is 1. The van der Waals surface area contributed by atoms with E-state index in [1.807, 2.05) is 43.3 Å². The van der Waals surface area contributed by atoms with Crippen LogP contribution in [0.5, 0.6) is 0 Å². The Bertz CT molecular complexity index is 705. The van der Waals surface area contributed by atoms with Crippen molar-refractivity contribution in [2.75, 3.05) is 17.2 Å². The Labute approximate surface area is 146 Å². The lowest BCUT2D eigenvalue weighted by atomic mass is 9.86. The molecule has 0 spiro atoms. The Morgan fingerprint density at radius 2 is 1.83 bits per heavy atom. The van der Waals surface area contributed by atoms with Crippen molar-refractivity contribution >= 4 is 33.2 Å². The number of carbonyl (C=O) groups excluding carboxylic acids is 1. The largest absolute Gasteiger partial charge is 0.376 e. The van der Waals surface area contributed by atoms with Crippen LogP contribution in [0.2, 0.25) is 0 Å². The first-order valence-electron chi connectivity index (χ1n) is 7.67. The van der Waals surface area contributed by atoms with Gasteiger partial charge < -0.3 is 10.6 Å². The van der Waals surface area contributed by atoms with Gasteiger partial charge in [-0.2, -0.15) is 0 Å². The van der Waals surface area contributed by atoms with Crippen LogP contribution in [-0.4, -0.2) is 12.5 Å². The van der Waals surface area contributed by atoms with Crippen LogP contribution in [0.3, 0.4) is 0 Å². The van der Waals surface area contributed by atoms with E-state index < -0.39 is 0 Å². The SMILES string of the molecule is Cc1cc(NCC(=O)Nc2ccccc2C(C)(C)C)ccc1Br. The molecule has 4 heteroatoms. The third kappa shape index (κ3) is 4.83. The van der Waals surface area contributed by atoms with Crippen LogP contribution in [0.25, 0.3) is 0 Å². The van der Waals surface area contributed by atoms with Gasteiger partial charge in [0.05, 0.1) is 6.54 Å². The lowest BCUT2D eigenvalue weighted by Crippen LogP contribution is -2.24. The summed E-state index contributed by atoms with van der Waals surface area (Å²) in [5.74, 6) is -0.0535. The van der Waals surface area contributed by atoms with Crippen LogP contribution in [0.1, 0.15) is 31.9 Å². The van der Waals surface area contributed by atoms with Gasteiger partial charge in [-0.05, 0) is 47.7 Å². The van der Waals surface area contributed by atoms with Gasteiger partial charge in [-0.3, -0.25) is 4.79 Å². The highest BCUT2D eigenvalue weighted by atomic mass is 79.9. The van der Waals surface area contributed by atoms with E-state index in [1.165, 1.54) is 0 Å². The van der Waals surface area contributed by atoms with Crippen molar-refractivity contribution in [2.24, 2.45) is 0 Å². The monoisotopic (exact) mass is 374 g/mol. The van der Waals surface area contributed by atoms with E-state index in [1.54, 1.807) is 0 Å². The van der Waals surface area contributed by atoms with Crippen molar-refractivity contribution in [3.8, 4) is 0 Å². The molecule has 1 amide bonds. The summed E-state index contributed by atoms with van der Waals surface area (Å²) in [7, 11) is 0. The number of hydrogen-bond acceptors (Lipinski definition) is 2. The summed E-state index contributed by atoms with van der Waals surface area (Å²) in [6, 6.07) is 13.9. The molecule has 23 heavy (non-hydrogen) atoms. The Balaban J connectivity index is 2.02. The Kier molecular flexibility index (Phi) is 5.47. The number of benzene rings is 2. The van der Waals surface area contributed by atoms with E-state index in [0.717, 1.165) is 27.0 Å². The number of hydrogen-bond donors (Lipinski definition) is 2. The molecule has 0 radical (unpaired) electrons. The van der Waals surface area contributed by atoms with Crippen molar-refractivity contribution in [3.63, 3.8) is 0 Å². The van der Waals surface area contributed by atoms with Gasteiger partial charge in [-0.25, -0.2) is 0 Å². The van der Waals surface area contributed by atoms with Gasteiger partial charge in [0.15, 0.2) is 0 Å². The van der Waals surface area contributed by atoms with E-state index in [-0.39, 0.29) is 17.9 Å². The van der Waals surface area contributed by atoms with Crippen molar-refractivity contribution in [1.29, 1.82) is 0 Å². The van der Waals surface area contributed by atoms with Gasteiger partial charge in [0.25, 0.3) is 0 Å². The summed E-state index contributed by atoms with van der Waals surface area (Å²) >= 11 is 3.47. The maximum Gasteiger partial charge on any atom is 0.243 e. The second-order valence-corrected chi connectivity index (χ2v) is 7.52. The molecule has 2 aromatic rings. The molecular weight excluding hydrogens is 352 g/mol. The Morgan fingerprint density at radius 3 is 2.48 bits per heavy atom. The second kappa shape index (κ2) is 7.18. The van der Waals surface area contributed by atoms with E-state index in [9.17, 15) is 4.79 Å². The molecule has 2 rings (SSSR count). The minimum absolute atomic E-state index is 0.0138. The quantitative estimate of drug-likeness (QED) is 0.780. The topological polar surface area (TPSA) is 41.1 Å². The molecule has 0 fully saturated rings. The molecule has 0 aliphatic heterocycles. The van der Waals surface area contributed by atoms with Gasteiger partial charge in [-0.15, -0.1) is 0 Å². The van der Waals surface area contributed by atoms with Crippen molar-refractivity contribution in [1.82, 2.24) is 0 Å². The number of para-hydroxylation sites is 1. The lowest BCUT2D eigenvalue weighted by molar-refractivity contribution is -0.114. The summed E-state index contributed by atoms with van der Waals surface area (Å²) < 4.78 is 1.06. The first-order chi connectivity index (χ1) is 10.8. The summed E-state index contributed by atoms with van der Waals surface area (Å²) in [6.45, 7) is 8.68. The van der Waals surface area contributed by atoms with E-state index in [2.05, 4.69) is 53.4 Å². The van der Waals surface area contributed by atoms with Crippen LogP contribution in [0.15, 0.2) is 46.9 Å². The summed E-state index contributed by atoms with van der Waals surface area (Å²) in [5.41, 5.74) is 4.06. The minimum Gasteiger partial charge on any atom is -0.376 e. The molecule has 3 nitrogen and oxygen atoms in total. The van der Waals surface area contributed by atoms with Crippen molar-refractivity contribution in [2.45, 2.75) is 33.1 Å². The van der Waals surface area contributed by atoms with Crippen LogP contribution in [0, 0.1) is 6.92 Å². The number of nitrogens with one attached hydrogen (secondary N) is 2. The normalized spacial score (nSPS) is 11.2. The molecule has 0 saturated heterocycles. The number of anilines is 2. The van der Waals surface area contributed by atoms with Crippen LogP contribution in [0.4, 0.5) is 11.4 Å². The van der Waals surface area contributed by atoms with E-state index >= 15 is 0 Å². The first kappa shape index (κ1) is 17.5. The zero-order valence-electron chi connectivity index (χ0n) is 14.0. The highest BCUT2D eigenvalue weighted by Gasteiger charge is 2.18. The highest BCUT2D eigenvalue weighted by Crippen LogP contribution is 2.29. The van der Waals surface area contributed by atoms with Gasteiger partial charge in [-0.1, -0.05) is 54.9 Å². The number of amides is 1. The molecule has 0 aromatic heterocycles. The first-order valence-corrected chi connectivity index (χ1v) is 8.46. The number of rotatable bonds is 4. The van der Waals surface area contributed by atoms with Gasteiger partial charge in [0.2, 0.25) is 5.91 Å². The molecule has 2 aromatic carbocycles. The fourth-order valence-electron chi connectivity index (χ4n) is 2.38. The van der Waals surface area contributed by atoms with Gasteiger partial charge in [0.1, 0.15) is 0 Å². The van der Waals surface area contributed by atoms with Crippen molar-refractivity contribution < 1.29 is 4.79 Å². The zero-order valence-corrected chi connectivity index (χ0v) is 15.6. The molecular formula is C19H23BrN2O. The highest BCUT2D eigenvalue weighted by molar-refractivity contribution is 9.10. The van der Waals surface area contributed by atoms with Gasteiger partial charge >= 0.3 is 0 Å². The molecule has 0 atom stereocenters. The van der Waals surface area contributed by atoms with E-state index in [4.69, 9.17) is 0 Å². The minimum atomic E-state index is -0.0535. The third-order valence-corrected chi connectivity index (χ3v) is 4.51. The van der Waals surface area contributed by atoms with Crippen LogP contribution >= 0.6 is 15.9 Å². The van der Waals surface area contributed by atoms with Crippen LogP contribution < -0.4 is 10.6 Å². The Morgan fingerprint density at radius 1 is 1.13 bits per heavy atom. The smallest absolute Gasteiger partial charge is 0.243 e. The summed E-state index contributed by atoms with van der Waals surface area (Å²) in [4.78, 5) is 12.2. The fourth-order valence-corrected chi connectivity index (χ4v) is 2.62. The standard InChI is InChI=1S/C19H23BrN2O/c1-13-11-14(9-10-16(13)20)21-12-18(23)22-17-8-6-5-7-15(17)19(2,3)4/h5-11,21H,12H2,1-4H3,(H,22,23). The average molecular weight is 375 g/mol. The molecule has 0 bridgehead atoms. The lowest BCUT2D eigenvalue weighted by Gasteiger charge is -2.23. The van der Waals surface area contributed by atoms with Gasteiger partial charge in [0, 0.05) is 15.8 Å². The molecule has 0 unspecified atom stereocenters. The van der Waals surface area contributed by atoms with Crippen molar-refractivity contribution in [3.05, 3.63) is 58.1 Å². The maximum absolute atomic E-state index is 12.2. The molecule has 2 N–H and O–H groups in total.